The van der Waals surface area contributed by atoms with Gasteiger partial charge in [0.2, 0.25) is 0 Å². The Labute approximate surface area is 147 Å². The average molecular weight is 344 g/mol. The molecule has 0 amide bonds. The molecule has 0 aliphatic rings. The van der Waals surface area contributed by atoms with E-state index in [9.17, 15) is 4.39 Å². The fourth-order valence-electron chi connectivity index (χ4n) is 2.13. The Hall–Kier alpha value is -2.67. The summed E-state index contributed by atoms with van der Waals surface area (Å²) in [6.45, 7) is 11.3. The first-order valence-electron chi connectivity index (χ1n) is 8.06. The number of pyridine rings is 2. The topological polar surface area (TPSA) is 102 Å². The monoisotopic (exact) mass is 344 g/mol. The molecule has 2 atom stereocenters. The maximum absolute atomic E-state index is 14.4. The Bertz CT molecular complexity index is 787. The Kier molecular flexibility index (Phi) is 5.58. The molecular weight excluding hydrogens is 319 g/mol. The maximum atomic E-state index is 14.4. The molecule has 0 saturated heterocycles. The fraction of sp³-hybridized carbons (Fsp3) is 0.333. The highest BCUT2D eigenvalue weighted by Crippen LogP contribution is 2.27. The van der Waals surface area contributed by atoms with E-state index in [1.54, 1.807) is 6.20 Å². The molecule has 6 nitrogen and oxygen atoms in total. The lowest BCUT2D eigenvalue weighted by Gasteiger charge is -2.20. The van der Waals surface area contributed by atoms with Crippen molar-refractivity contribution in [2.45, 2.75) is 39.8 Å². The number of anilines is 3. The maximum Gasteiger partial charge on any atom is 0.166 e. The highest BCUT2D eigenvalue weighted by molar-refractivity contribution is 5.75. The molecule has 6 N–H and O–H groups in total. The summed E-state index contributed by atoms with van der Waals surface area (Å²) in [7, 11) is 0. The summed E-state index contributed by atoms with van der Waals surface area (Å²) in [4.78, 5) is 8.65. The molecule has 0 fully saturated rings. The van der Waals surface area contributed by atoms with Crippen LogP contribution in [0.15, 0.2) is 24.9 Å². The Morgan fingerprint density at radius 3 is 2.48 bits per heavy atom. The van der Waals surface area contributed by atoms with E-state index in [-0.39, 0.29) is 23.6 Å². The lowest BCUT2D eigenvalue weighted by molar-refractivity contribution is 0.601. The van der Waals surface area contributed by atoms with Gasteiger partial charge in [0.05, 0.1) is 11.9 Å². The molecule has 0 spiro atoms. The lowest BCUT2D eigenvalue weighted by atomic mass is 10.1. The van der Waals surface area contributed by atoms with Crippen LogP contribution in [0.2, 0.25) is 0 Å². The second-order valence-electron chi connectivity index (χ2n) is 6.28. The highest BCUT2D eigenvalue weighted by Gasteiger charge is 2.16. The predicted octanol–water partition coefficient (Wildman–Crippen LogP) is 3.05. The van der Waals surface area contributed by atoms with Gasteiger partial charge in [0, 0.05) is 29.0 Å². The Morgan fingerprint density at radius 1 is 1.24 bits per heavy atom. The quantitative estimate of drug-likeness (QED) is 0.642. The minimum absolute atomic E-state index is 0.106. The van der Waals surface area contributed by atoms with E-state index >= 15 is 0 Å². The second-order valence-corrected chi connectivity index (χ2v) is 6.28. The van der Waals surface area contributed by atoms with Gasteiger partial charge < -0.3 is 22.1 Å². The number of hydrogen-bond donors (Lipinski definition) is 4. The van der Waals surface area contributed by atoms with Gasteiger partial charge in [-0.25, -0.2) is 9.37 Å². The zero-order valence-corrected chi connectivity index (χ0v) is 15.0. The smallest absolute Gasteiger partial charge is 0.166 e. The van der Waals surface area contributed by atoms with E-state index in [1.807, 2.05) is 33.8 Å². The standard InChI is InChI=1S/C18H25FN6/c1-9-6-14(8-22-12(9)4)24-17-15(11(3)21)7-16(19)18(25-17)23-13(5)10(2)20/h6-8,10,13H,3,20-21H2,1-2,4-5H3,(H2,23,24,25)/t10-,13?/m0/s1. The number of aryl methyl sites for hydroxylation is 2. The molecule has 25 heavy (non-hydrogen) atoms. The molecule has 0 saturated carbocycles. The van der Waals surface area contributed by atoms with Crippen LogP contribution in [-0.2, 0) is 0 Å². The number of nitrogens with two attached hydrogens (primary N) is 2. The lowest BCUT2D eigenvalue weighted by Crippen LogP contribution is -2.35. The summed E-state index contributed by atoms with van der Waals surface area (Å²) in [5.74, 6) is -0.00900. The molecule has 2 rings (SSSR count). The number of halogens is 1. The average Bonchev–Trinajstić information content (AvgIpc) is 2.53. The van der Waals surface area contributed by atoms with Crippen molar-refractivity contribution in [1.82, 2.24) is 9.97 Å². The van der Waals surface area contributed by atoms with Crippen LogP contribution >= 0.6 is 0 Å². The molecular formula is C18H25FN6. The number of hydrogen-bond acceptors (Lipinski definition) is 6. The van der Waals surface area contributed by atoms with Gasteiger partial charge >= 0.3 is 0 Å². The third-order valence-corrected chi connectivity index (χ3v) is 4.08. The van der Waals surface area contributed by atoms with Gasteiger partial charge in [-0.1, -0.05) is 6.58 Å². The Morgan fingerprint density at radius 2 is 1.92 bits per heavy atom. The molecule has 2 aromatic heterocycles. The molecule has 1 unspecified atom stereocenters. The van der Waals surface area contributed by atoms with Crippen molar-refractivity contribution in [1.29, 1.82) is 0 Å². The molecule has 2 aromatic rings. The number of nitrogens with zero attached hydrogens (tertiary/aromatic N) is 2. The van der Waals surface area contributed by atoms with Gasteiger partial charge in [0.15, 0.2) is 11.6 Å². The van der Waals surface area contributed by atoms with E-state index in [1.165, 1.54) is 6.07 Å². The van der Waals surface area contributed by atoms with Crippen LogP contribution in [0.4, 0.5) is 21.7 Å². The van der Waals surface area contributed by atoms with Crippen LogP contribution in [0.3, 0.4) is 0 Å². The van der Waals surface area contributed by atoms with Crippen molar-refractivity contribution in [3.63, 3.8) is 0 Å². The molecule has 134 valence electrons. The summed E-state index contributed by atoms with van der Waals surface area (Å²) in [5.41, 5.74) is 14.9. The minimum atomic E-state index is -0.516. The van der Waals surface area contributed by atoms with Crippen LogP contribution in [0.5, 0.6) is 0 Å². The third kappa shape index (κ3) is 4.45. The summed E-state index contributed by atoms with van der Waals surface area (Å²) >= 11 is 0. The number of rotatable bonds is 6. The molecule has 0 aliphatic carbocycles. The van der Waals surface area contributed by atoms with Crippen LogP contribution < -0.4 is 22.1 Å². The summed E-state index contributed by atoms with van der Waals surface area (Å²) < 4.78 is 14.4. The van der Waals surface area contributed by atoms with E-state index in [2.05, 4.69) is 27.2 Å². The van der Waals surface area contributed by atoms with E-state index in [4.69, 9.17) is 11.5 Å². The molecule has 0 aromatic carbocycles. The summed E-state index contributed by atoms with van der Waals surface area (Å²) in [6.07, 6.45) is 1.69. The first-order valence-corrected chi connectivity index (χ1v) is 8.06. The molecule has 7 heteroatoms. The van der Waals surface area contributed by atoms with Crippen molar-refractivity contribution < 1.29 is 4.39 Å². The summed E-state index contributed by atoms with van der Waals surface area (Å²) in [6, 6.07) is 2.94. The Balaban J connectivity index is 2.42. The first-order chi connectivity index (χ1) is 11.7. The van der Waals surface area contributed by atoms with E-state index < -0.39 is 5.82 Å². The van der Waals surface area contributed by atoms with Crippen LogP contribution in [0.1, 0.15) is 30.7 Å². The van der Waals surface area contributed by atoms with Crippen LogP contribution in [0, 0.1) is 19.7 Å². The largest absolute Gasteiger partial charge is 0.399 e. The fourth-order valence-corrected chi connectivity index (χ4v) is 2.13. The van der Waals surface area contributed by atoms with Gasteiger partial charge in [-0.15, -0.1) is 0 Å². The zero-order chi connectivity index (χ0) is 18.7. The number of nitrogens with one attached hydrogen (secondary N) is 2. The van der Waals surface area contributed by atoms with Crippen molar-refractivity contribution in [2.75, 3.05) is 10.6 Å². The molecule has 2 heterocycles. The van der Waals surface area contributed by atoms with Gasteiger partial charge in [-0.05, 0) is 45.4 Å². The SMILES string of the molecule is C=C(N)c1cc(F)c(NC(C)[C@H](C)N)nc1Nc1cnc(C)c(C)c1. The van der Waals surface area contributed by atoms with Crippen LogP contribution in [-0.4, -0.2) is 22.1 Å². The van der Waals surface area contributed by atoms with Gasteiger partial charge in [0.25, 0.3) is 0 Å². The van der Waals surface area contributed by atoms with E-state index in [0.717, 1.165) is 16.9 Å². The second kappa shape index (κ2) is 7.48. The van der Waals surface area contributed by atoms with E-state index in [0.29, 0.717) is 11.4 Å². The van der Waals surface area contributed by atoms with Crippen LogP contribution in [0.25, 0.3) is 5.70 Å². The summed E-state index contributed by atoms with van der Waals surface area (Å²) in [5, 5.41) is 6.12. The highest BCUT2D eigenvalue weighted by atomic mass is 19.1. The van der Waals surface area contributed by atoms with Gasteiger partial charge in [-0.3, -0.25) is 4.98 Å². The molecule has 0 radical (unpaired) electrons. The predicted molar refractivity (Wildman–Crippen MR) is 101 cm³/mol. The molecule has 0 bridgehead atoms. The zero-order valence-electron chi connectivity index (χ0n) is 15.0. The molecule has 0 aliphatic heterocycles. The number of aromatic nitrogens is 2. The minimum Gasteiger partial charge on any atom is -0.399 e. The van der Waals surface area contributed by atoms with Crippen molar-refractivity contribution in [3.05, 3.63) is 47.5 Å². The van der Waals surface area contributed by atoms with Crippen molar-refractivity contribution in [2.24, 2.45) is 11.5 Å². The normalized spacial score (nSPS) is 13.2. The van der Waals surface area contributed by atoms with Gasteiger partial charge in [-0.2, -0.15) is 0 Å². The first kappa shape index (κ1) is 18.7. The van der Waals surface area contributed by atoms with Gasteiger partial charge in [0.1, 0.15) is 5.82 Å². The third-order valence-electron chi connectivity index (χ3n) is 4.08. The van der Waals surface area contributed by atoms with Crippen molar-refractivity contribution in [3.8, 4) is 0 Å². The van der Waals surface area contributed by atoms with Crippen molar-refractivity contribution >= 4 is 23.0 Å².